The molecule has 0 saturated carbocycles. The number of anilines is 4. The SMILES string of the molecule is O=S1(=O)c2cc3c4ccccc4c4ccccc4c3cc2S(=O)(=O)C12N(c1cccc3c1oc1ccccc13)c1ccccc1N2c1cccc2c1oc1ccccc12. The molecule has 0 amide bonds. The van der Waals surface area contributed by atoms with Crippen molar-refractivity contribution in [1.29, 1.82) is 0 Å². The lowest BCUT2D eigenvalue weighted by Crippen LogP contribution is -2.61. The summed E-state index contributed by atoms with van der Waals surface area (Å²) in [6.45, 7) is 0. The number of sulfone groups is 2. The summed E-state index contributed by atoms with van der Waals surface area (Å²) in [6, 6.07) is 51.9. The molecule has 0 fully saturated rings. The van der Waals surface area contributed by atoms with Crippen molar-refractivity contribution in [3.8, 4) is 0 Å². The van der Waals surface area contributed by atoms with E-state index in [0.717, 1.165) is 43.1 Å². The molecule has 0 N–H and O–H groups in total. The molecule has 0 bridgehead atoms. The molecule has 1 spiro atoms. The van der Waals surface area contributed by atoms with Gasteiger partial charge >= 0.3 is 4.33 Å². The first-order valence-electron chi connectivity index (χ1n) is 19.2. The molecule has 10 heteroatoms. The maximum Gasteiger partial charge on any atom is 0.339 e. The molecule has 2 aliphatic rings. The summed E-state index contributed by atoms with van der Waals surface area (Å²) in [4.78, 5) is 2.39. The Hall–Kier alpha value is -7.14. The van der Waals surface area contributed by atoms with Crippen molar-refractivity contribution in [1.82, 2.24) is 0 Å². The van der Waals surface area contributed by atoms with Crippen molar-refractivity contribution in [2.45, 2.75) is 14.1 Å². The average molecular weight is 805 g/mol. The van der Waals surface area contributed by atoms with Crippen LogP contribution in [-0.4, -0.2) is 21.2 Å². The molecule has 11 aromatic rings. The molecule has 2 aromatic heterocycles. The quantitative estimate of drug-likeness (QED) is 0.159. The van der Waals surface area contributed by atoms with Crippen LogP contribution in [0, 0.1) is 0 Å². The normalized spacial score (nSPS) is 16.4. The Bertz CT molecular complexity index is 3670. The molecule has 0 unspecified atom stereocenters. The van der Waals surface area contributed by atoms with Crippen LogP contribution < -0.4 is 9.80 Å². The van der Waals surface area contributed by atoms with Crippen LogP contribution in [0.5, 0.6) is 0 Å². The van der Waals surface area contributed by atoms with Gasteiger partial charge in [0.25, 0.3) is 0 Å². The molecule has 13 rings (SSSR count). The Labute approximate surface area is 336 Å². The topological polar surface area (TPSA) is 101 Å². The molecule has 0 radical (unpaired) electrons. The largest absolute Gasteiger partial charge is 0.454 e. The van der Waals surface area contributed by atoms with Crippen molar-refractivity contribution in [2.75, 3.05) is 9.80 Å². The summed E-state index contributed by atoms with van der Waals surface area (Å²) in [7, 11) is -9.89. The molecule has 59 heavy (non-hydrogen) atoms. The van der Waals surface area contributed by atoms with E-state index < -0.39 is 24.0 Å². The molecular weight excluding hydrogens is 777 g/mol. The fraction of sp³-hybridized carbons (Fsp3) is 0.0204. The third-order valence-corrected chi connectivity index (χ3v) is 17.7. The van der Waals surface area contributed by atoms with E-state index in [-0.39, 0.29) is 21.2 Å². The Morgan fingerprint density at radius 2 is 0.661 bits per heavy atom. The molecule has 9 aromatic carbocycles. The van der Waals surface area contributed by atoms with Crippen LogP contribution in [0.15, 0.2) is 188 Å². The summed E-state index contributed by atoms with van der Waals surface area (Å²) >= 11 is 0. The lowest BCUT2D eigenvalue weighted by atomic mass is 9.94. The van der Waals surface area contributed by atoms with Gasteiger partial charge in [0.15, 0.2) is 11.2 Å². The summed E-state index contributed by atoms with van der Waals surface area (Å²) < 4.78 is 75.9. The molecule has 4 heterocycles. The highest BCUT2D eigenvalue weighted by atomic mass is 32.3. The summed E-state index contributed by atoms with van der Waals surface area (Å²) in [5.41, 5.74) is 3.20. The first-order valence-corrected chi connectivity index (χ1v) is 22.1. The first-order chi connectivity index (χ1) is 28.8. The first kappa shape index (κ1) is 32.9. The minimum Gasteiger partial charge on any atom is -0.454 e. The van der Waals surface area contributed by atoms with Crippen molar-refractivity contribution in [3.63, 3.8) is 0 Å². The van der Waals surface area contributed by atoms with Gasteiger partial charge in [-0.3, -0.25) is 9.80 Å². The van der Waals surface area contributed by atoms with Crippen molar-refractivity contribution in [3.05, 3.63) is 170 Å². The van der Waals surface area contributed by atoms with Gasteiger partial charge in [-0.1, -0.05) is 121 Å². The number of hydrogen-bond acceptors (Lipinski definition) is 8. The van der Waals surface area contributed by atoms with Crippen LogP contribution in [0.3, 0.4) is 0 Å². The molecule has 282 valence electrons. The number of furan rings is 2. The van der Waals surface area contributed by atoms with E-state index >= 15 is 16.8 Å². The molecule has 8 nitrogen and oxygen atoms in total. The minimum absolute atomic E-state index is 0.276. The molecule has 0 atom stereocenters. The van der Waals surface area contributed by atoms with Crippen molar-refractivity contribution >= 4 is 119 Å². The highest BCUT2D eigenvalue weighted by Gasteiger charge is 2.75. The van der Waals surface area contributed by atoms with E-state index in [1.807, 2.05) is 121 Å². The predicted molar refractivity (Wildman–Crippen MR) is 234 cm³/mol. The van der Waals surface area contributed by atoms with Gasteiger partial charge in [-0.25, -0.2) is 16.8 Å². The maximum atomic E-state index is 16.4. The molecule has 0 saturated heterocycles. The Morgan fingerprint density at radius 1 is 0.339 bits per heavy atom. The Kier molecular flexibility index (Phi) is 6.17. The van der Waals surface area contributed by atoms with E-state index in [4.69, 9.17) is 8.83 Å². The average Bonchev–Trinajstić information content (AvgIpc) is 3.97. The van der Waals surface area contributed by atoms with E-state index in [9.17, 15) is 0 Å². The fourth-order valence-corrected chi connectivity index (χ4v) is 15.7. The zero-order valence-electron chi connectivity index (χ0n) is 30.8. The van der Waals surface area contributed by atoms with Gasteiger partial charge in [0.05, 0.1) is 32.5 Å². The second-order valence-electron chi connectivity index (χ2n) is 15.2. The number of rotatable bonds is 2. The third-order valence-electron chi connectivity index (χ3n) is 12.3. The van der Waals surface area contributed by atoms with Gasteiger partial charge in [0, 0.05) is 21.5 Å². The highest BCUT2D eigenvalue weighted by molar-refractivity contribution is 8.13. The third kappa shape index (κ3) is 3.84. The lowest BCUT2D eigenvalue weighted by molar-refractivity contribution is 0.554. The Morgan fingerprint density at radius 3 is 1.08 bits per heavy atom. The summed E-state index contributed by atoms with van der Waals surface area (Å²) in [5, 5.41) is 7.87. The molecular formula is C49H28N2O6S2. The van der Waals surface area contributed by atoms with E-state index in [2.05, 4.69) is 0 Å². The van der Waals surface area contributed by atoms with E-state index in [0.29, 0.717) is 44.5 Å². The van der Waals surface area contributed by atoms with Crippen LogP contribution in [0.1, 0.15) is 0 Å². The van der Waals surface area contributed by atoms with E-state index in [1.165, 1.54) is 9.80 Å². The minimum atomic E-state index is -4.95. The van der Waals surface area contributed by atoms with Crippen molar-refractivity contribution < 1.29 is 25.7 Å². The van der Waals surface area contributed by atoms with Crippen LogP contribution in [0.2, 0.25) is 0 Å². The second kappa shape index (κ2) is 11.1. The van der Waals surface area contributed by atoms with Gasteiger partial charge in [-0.05, 0) is 80.8 Å². The van der Waals surface area contributed by atoms with Crippen LogP contribution >= 0.6 is 0 Å². The monoisotopic (exact) mass is 804 g/mol. The van der Waals surface area contributed by atoms with Gasteiger partial charge < -0.3 is 8.83 Å². The fourth-order valence-electron chi connectivity index (χ4n) is 9.87. The van der Waals surface area contributed by atoms with Crippen LogP contribution in [0.25, 0.3) is 76.2 Å². The van der Waals surface area contributed by atoms with Gasteiger partial charge in [-0.2, -0.15) is 0 Å². The molecule has 2 aliphatic heterocycles. The van der Waals surface area contributed by atoms with Gasteiger partial charge in [0.2, 0.25) is 19.7 Å². The van der Waals surface area contributed by atoms with Gasteiger partial charge in [-0.15, -0.1) is 0 Å². The maximum absolute atomic E-state index is 16.4. The van der Waals surface area contributed by atoms with Crippen LogP contribution in [-0.2, 0) is 19.7 Å². The second-order valence-corrected chi connectivity index (χ2v) is 19.4. The summed E-state index contributed by atoms with van der Waals surface area (Å²) in [5.74, 6) is 0. The zero-order valence-corrected chi connectivity index (χ0v) is 32.5. The predicted octanol–water partition coefficient (Wildman–Crippen LogP) is 12.1. The van der Waals surface area contributed by atoms with Crippen LogP contribution in [0.4, 0.5) is 22.7 Å². The van der Waals surface area contributed by atoms with E-state index in [1.54, 1.807) is 48.5 Å². The standard InChI is InChI=1S/C49H28N2O6S2/c52-58(53)45-27-37-31-15-3-1-13-29(31)30-14-2-4-16-32(30)38(37)28-46(45)59(54,55)49(58)50(41-23-11-19-35-33-17-5-9-25-43(33)56-47(35)41)39-21-7-8-22-40(39)51(49)42-24-12-20-36-34-18-6-10-26-44(34)57-48(36)42/h1-28H. The number of nitrogens with zero attached hydrogens (tertiary/aromatic N) is 2. The number of hydrogen-bond donors (Lipinski definition) is 0. The smallest absolute Gasteiger partial charge is 0.339 e. The lowest BCUT2D eigenvalue weighted by Gasteiger charge is -2.40. The highest BCUT2D eigenvalue weighted by Crippen LogP contribution is 2.64. The van der Waals surface area contributed by atoms with Crippen molar-refractivity contribution in [2.24, 2.45) is 0 Å². The molecule has 0 aliphatic carbocycles. The Balaban J connectivity index is 1.22. The number of benzene rings is 9. The van der Waals surface area contributed by atoms with Gasteiger partial charge in [0.1, 0.15) is 11.2 Å². The summed E-state index contributed by atoms with van der Waals surface area (Å²) in [6.07, 6.45) is 0. The zero-order chi connectivity index (χ0) is 39.4. The number of fused-ring (bicyclic) bond motifs is 14. The number of para-hydroxylation sites is 6.